The maximum atomic E-state index is 3.81. The molecule has 0 aromatic carbocycles. The van der Waals surface area contributed by atoms with Gasteiger partial charge in [-0.2, -0.15) is 0 Å². The molecule has 0 bridgehead atoms. The molecule has 2 heteroatoms. The number of rotatable bonds is 6. The van der Waals surface area contributed by atoms with E-state index in [4.69, 9.17) is 0 Å². The van der Waals surface area contributed by atoms with Gasteiger partial charge in [0, 0.05) is 22.3 Å². The quantitative estimate of drug-likeness (QED) is 0.783. The van der Waals surface area contributed by atoms with Gasteiger partial charge < -0.3 is 5.32 Å². The molecule has 1 nitrogen and oxygen atoms in total. The Kier molecular flexibility index (Phi) is 4.00. The van der Waals surface area contributed by atoms with Gasteiger partial charge in [0.05, 0.1) is 0 Å². The Morgan fingerprint density at radius 2 is 2.11 bits per heavy atom. The molecule has 1 unspecified atom stereocenters. The van der Waals surface area contributed by atoms with Crippen molar-refractivity contribution in [3.05, 3.63) is 21.4 Å². The van der Waals surface area contributed by atoms with Crippen molar-refractivity contribution in [1.29, 1.82) is 0 Å². The normalized spacial score (nSPS) is 22.0. The van der Waals surface area contributed by atoms with Crippen LogP contribution in [0.1, 0.15) is 73.7 Å². The summed E-state index contributed by atoms with van der Waals surface area (Å²) < 4.78 is 0. The van der Waals surface area contributed by atoms with E-state index in [-0.39, 0.29) is 0 Å². The minimum atomic E-state index is 0.546. The highest BCUT2D eigenvalue weighted by Gasteiger charge is 2.41. The Hall–Kier alpha value is -0.340. The van der Waals surface area contributed by atoms with Crippen molar-refractivity contribution in [2.24, 2.45) is 5.41 Å². The molecule has 1 atom stereocenters. The summed E-state index contributed by atoms with van der Waals surface area (Å²) in [5.74, 6) is 0. The second kappa shape index (κ2) is 5.57. The van der Waals surface area contributed by atoms with Crippen molar-refractivity contribution >= 4 is 11.3 Å². The molecule has 0 amide bonds. The molecule has 0 radical (unpaired) electrons. The summed E-state index contributed by atoms with van der Waals surface area (Å²) in [6.45, 7) is 5.89. The van der Waals surface area contributed by atoms with Crippen LogP contribution in [0.2, 0.25) is 0 Å². The third-order valence-electron chi connectivity index (χ3n) is 4.96. The second-order valence-corrected chi connectivity index (χ2v) is 7.83. The monoisotopic (exact) mass is 277 g/mol. The van der Waals surface area contributed by atoms with Crippen LogP contribution in [0.3, 0.4) is 0 Å². The van der Waals surface area contributed by atoms with E-state index in [1.807, 2.05) is 0 Å². The van der Waals surface area contributed by atoms with E-state index in [1.165, 1.54) is 57.9 Å². The van der Waals surface area contributed by atoms with Crippen LogP contribution in [0.4, 0.5) is 0 Å². The lowest BCUT2D eigenvalue weighted by Gasteiger charge is -2.18. The van der Waals surface area contributed by atoms with Crippen LogP contribution in [0.5, 0.6) is 0 Å². The van der Waals surface area contributed by atoms with Gasteiger partial charge in [-0.1, -0.05) is 13.3 Å². The molecule has 1 aromatic rings. The smallest absolute Gasteiger partial charge is 0.0386 e. The first kappa shape index (κ1) is 13.6. The molecule has 1 fully saturated rings. The largest absolute Gasteiger partial charge is 0.309 e. The molecule has 1 N–H and O–H groups in total. The zero-order valence-corrected chi connectivity index (χ0v) is 13.2. The zero-order chi connectivity index (χ0) is 13.3. The molecular formula is C17H27NS. The molecule has 19 heavy (non-hydrogen) atoms. The van der Waals surface area contributed by atoms with Gasteiger partial charge in [-0.15, -0.1) is 11.3 Å². The zero-order valence-electron chi connectivity index (χ0n) is 12.4. The molecule has 2 aliphatic carbocycles. The van der Waals surface area contributed by atoms with Crippen molar-refractivity contribution in [2.45, 2.75) is 71.3 Å². The van der Waals surface area contributed by atoms with E-state index in [0.29, 0.717) is 11.5 Å². The maximum absolute atomic E-state index is 3.81. The summed E-state index contributed by atoms with van der Waals surface area (Å²) in [5, 5.41) is 3.81. The van der Waals surface area contributed by atoms with Crippen molar-refractivity contribution in [3.63, 3.8) is 0 Å². The van der Waals surface area contributed by atoms with E-state index < -0.39 is 0 Å². The first-order valence-electron chi connectivity index (χ1n) is 8.07. The molecule has 1 aromatic heterocycles. The van der Waals surface area contributed by atoms with Gasteiger partial charge >= 0.3 is 0 Å². The standard InChI is InChI=1S/C17H27NS/c1-3-8-17(9-10-17)12-18-13(2)16-11-14-6-4-5-7-15(14)19-16/h11,13,18H,3-10,12H2,1-2H3. The first-order chi connectivity index (χ1) is 9.22. The maximum Gasteiger partial charge on any atom is 0.0386 e. The van der Waals surface area contributed by atoms with Gasteiger partial charge in [-0.25, -0.2) is 0 Å². The average molecular weight is 277 g/mol. The number of hydrogen-bond donors (Lipinski definition) is 1. The lowest BCUT2D eigenvalue weighted by Crippen LogP contribution is -2.26. The summed E-state index contributed by atoms with van der Waals surface area (Å²) >= 11 is 2.07. The molecule has 0 spiro atoms. The van der Waals surface area contributed by atoms with Crippen molar-refractivity contribution in [2.75, 3.05) is 6.54 Å². The lowest BCUT2D eigenvalue weighted by atomic mass is 9.98. The Morgan fingerprint density at radius 1 is 1.32 bits per heavy atom. The van der Waals surface area contributed by atoms with Gasteiger partial charge in [0.1, 0.15) is 0 Å². The molecule has 2 aliphatic rings. The van der Waals surface area contributed by atoms with E-state index in [2.05, 4.69) is 36.6 Å². The van der Waals surface area contributed by atoms with Crippen LogP contribution in [-0.4, -0.2) is 6.54 Å². The SMILES string of the molecule is CCCC1(CNC(C)c2cc3c(s2)CCCC3)CC1. The highest BCUT2D eigenvalue weighted by atomic mass is 32.1. The van der Waals surface area contributed by atoms with Gasteiger partial charge in [0.15, 0.2) is 0 Å². The molecule has 0 saturated heterocycles. The van der Waals surface area contributed by atoms with Crippen LogP contribution in [0, 0.1) is 5.41 Å². The topological polar surface area (TPSA) is 12.0 Å². The summed E-state index contributed by atoms with van der Waals surface area (Å²) in [6, 6.07) is 3.03. The predicted octanol–water partition coefficient (Wildman–Crippen LogP) is 4.86. The summed E-state index contributed by atoms with van der Waals surface area (Å²) in [4.78, 5) is 3.24. The van der Waals surface area contributed by atoms with Crippen molar-refractivity contribution < 1.29 is 0 Å². The van der Waals surface area contributed by atoms with Gasteiger partial charge in [-0.3, -0.25) is 0 Å². The number of fused-ring (bicyclic) bond motifs is 1. The first-order valence-corrected chi connectivity index (χ1v) is 8.89. The van der Waals surface area contributed by atoms with Crippen LogP contribution >= 0.6 is 11.3 Å². The molecule has 1 saturated carbocycles. The van der Waals surface area contributed by atoms with Crippen LogP contribution in [0.15, 0.2) is 6.07 Å². The molecule has 106 valence electrons. The Bertz CT molecular complexity index is 407. The lowest BCUT2D eigenvalue weighted by molar-refractivity contribution is 0.399. The Labute approximate surface area is 121 Å². The molecule has 1 heterocycles. The number of aryl methyl sites for hydroxylation is 2. The van der Waals surface area contributed by atoms with Crippen LogP contribution in [0.25, 0.3) is 0 Å². The van der Waals surface area contributed by atoms with E-state index in [9.17, 15) is 0 Å². The summed E-state index contributed by atoms with van der Waals surface area (Å²) in [6.07, 6.45) is 11.1. The number of thiophene rings is 1. The fraction of sp³-hybridized carbons (Fsp3) is 0.765. The Balaban J connectivity index is 1.58. The van der Waals surface area contributed by atoms with E-state index >= 15 is 0 Å². The van der Waals surface area contributed by atoms with Crippen molar-refractivity contribution in [1.82, 2.24) is 5.32 Å². The number of hydrogen-bond acceptors (Lipinski definition) is 2. The predicted molar refractivity (Wildman–Crippen MR) is 84.0 cm³/mol. The fourth-order valence-corrected chi connectivity index (χ4v) is 4.70. The van der Waals surface area contributed by atoms with E-state index in [0.717, 1.165) is 0 Å². The van der Waals surface area contributed by atoms with Crippen LogP contribution in [-0.2, 0) is 12.8 Å². The van der Waals surface area contributed by atoms with Gasteiger partial charge in [-0.05, 0) is 68.9 Å². The van der Waals surface area contributed by atoms with Gasteiger partial charge in [0.2, 0.25) is 0 Å². The Morgan fingerprint density at radius 3 is 2.79 bits per heavy atom. The number of nitrogens with one attached hydrogen (secondary N) is 1. The second-order valence-electron chi connectivity index (χ2n) is 6.66. The minimum Gasteiger partial charge on any atom is -0.309 e. The van der Waals surface area contributed by atoms with Crippen molar-refractivity contribution in [3.8, 4) is 0 Å². The molecule has 0 aliphatic heterocycles. The highest BCUT2D eigenvalue weighted by molar-refractivity contribution is 7.12. The highest BCUT2D eigenvalue weighted by Crippen LogP contribution is 2.49. The fourth-order valence-electron chi connectivity index (χ4n) is 3.42. The van der Waals surface area contributed by atoms with E-state index in [1.54, 1.807) is 15.3 Å². The summed E-state index contributed by atoms with van der Waals surface area (Å²) in [7, 11) is 0. The summed E-state index contributed by atoms with van der Waals surface area (Å²) in [5.41, 5.74) is 2.31. The molecular weight excluding hydrogens is 250 g/mol. The van der Waals surface area contributed by atoms with Gasteiger partial charge in [0.25, 0.3) is 0 Å². The third kappa shape index (κ3) is 3.05. The average Bonchev–Trinajstić information content (AvgIpc) is 3.04. The molecule has 3 rings (SSSR count). The minimum absolute atomic E-state index is 0.546. The van der Waals surface area contributed by atoms with Crippen LogP contribution < -0.4 is 5.32 Å². The third-order valence-corrected chi connectivity index (χ3v) is 6.38.